The van der Waals surface area contributed by atoms with E-state index in [9.17, 15) is 9.59 Å². The Bertz CT molecular complexity index is 616. The zero-order valence-electron chi connectivity index (χ0n) is 10.4. The van der Waals surface area contributed by atoms with Crippen molar-refractivity contribution < 1.29 is 14.3 Å². The summed E-state index contributed by atoms with van der Waals surface area (Å²) in [6.45, 7) is 1.86. The first-order valence-electron chi connectivity index (χ1n) is 5.79. The van der Waals surface area contributed by atoms with Crippen molar-refractivity contribution in [1.29, 1.82) is 0 Å². The summed E-state index contributed by atoms with van der Waals surface area (Å²) in [4.78, 5) is 23.0. The number of hydrogen-bond acceptors (Lipinski definition) is 4. The lowest BCUT2D eigenvalue weighted by Crippen LogP contribution is -2.30. The fourth-order valence-electron chi connectivity index (χ4n) is 1.60. The molecule has 2 aromatic rings. The molecule has 1 amide bonds. The minimum atomic E-state index is -0.533. The van der Waals surface area contributed by atoms with Crippen LogP contribution in [0.2, 0.25) is 0 Å². The van der Waals surface area contributed by atoms with E-state index in [0.29, 0.717) is 0 Å². The van der Waals surface area contributed by atoms with E-state index < -0.39 is 11.2 Å². The van der Waals surface area contributed by atoms with Gasteiger partial charge < -0.3 is 19.4 Å². The molecule has 0 aliphatic heterocycles. The number of nitrogens with zero attached hydrogens (tertiary/aromatic N) is 1. The molecule has 0 aliphatic carbocycles. The summed E-state index contributed by atoms with van der Waals surface area (Å²) >= 11 is 0. The lowest BCUT2D eigenvalue weighted by atomic mass is 10.3. The van der Waals surface area contributed by atoms with Crippen molar-refractivity contribution in [1.82, 2.24) is 9.88 Å². The number of aromatic hydroxyl groups is 1. The minimum absolute atomic E-state index is 0.0972. The molecule has 1 unspecified atom stereocenters. The maximum absolute atomic E-state index is 11.9. The topological polar surface area (TPSA) is 84.5 Å². The molecule has 0 aromatic carbocycles. The molecule has 1 atom stereocenters. The molecule has 2 heterocycles. The summed E-state index contributed by atoms with van der Waals surface area (Å²) in [5, 5.41) is 11.7. The van der Waals surface area contributed by atoms with Gasteiger partial charge in [-0.15, -0.1) is 0 Å². The molecule has 0 saturated heterocycles. The van der Waals surface area contributed by atoms with Crippen LogP contribution in [0.25, 0.3) is 0 Å². The van der Waals surface area contributed by atoms with E-state index in [2.05, 4.69) is 5.32 Å². The molecule has 0 aliphatic rings. The van der Waals surface area contributed by atoms with Crippen molar-refractivity contribution in [3.8, 4) is 5.75 Å². The van der Waals surface area contributed by atoms with E-state index >= 15 is 0 Å². The molecule has 0 fully saturated rings. The van der Waals surface area contributed by atoms with E-state index in [0.717, 1.165) is 12.3 Å². The molecule has 6 heteroatoms. The van der Waals surface area contributed by atoms with Gasteiger partial charge in [0, 0.05) is 18.5 Å². The van der Waals surface area contributed by atoms with Gasteiger partial charge in [-0.05, 0) is 19.1 Å². The number of aromatic nitrogens is 1. The SMILES string of the molecule is CC(C(=O)NCc1cc(=O)c(O)co1)n1cccc1. The van der Waals surface area contributed by atoms with Crippen LogP contribution in [0.4, 0.5) is 0 Å². The predicted octanol–water partition coefficient (Wildman–Crippen LogP) is 1.02. The summed E-state index contributed by atoms with van der Waals surface area (Å²) < 4.78 is 6.75. The molecule has 0 saturated carbocycles. The molecule has 19 heavy (non-hydrogen) atoms. The highest BCUT2D eigenvalue weighted by Crippen LogP contribution is 2.07. The van der Waals surface area contributed by atoms with E-state index in [1.807, 2.05) is 12.1 Å². The van der Waals surface area contributed by atoms with Gasteiger partial charge in [0.25, 0.3) is 0 Å². The zero-order chi connectivity index (χ0) is 13.8. The van der Waals surface area contributed by atoms with Crippen LogP contribution in [0, 0.1) is 0 Å². The molecular weight excluding hydrogens is 248 g/mol. The average molecular weight is 262 g/mol. The summed E-state index contributed by atoms with van der Waals surface area (Å²) in [5.41, 5.74) is -0.533. The Morgan fingerprint density at radius 3 is 2.79 bits per heavy atom. The predicted molar refractivity (Wildman–Crippen MR) is 67.6 cm³/mol. The van der Waals surface area contributed by atoms with Gasteiger partial charge in [0.2, 0.25) is 11.3 Å². The van der Waals surface area contributed by atoms with Crippen molar-refractivity contribution >= 4 is 5.91 Å². The van der Waals surface area contributed by atoms with Crippen molar-refractivity contribution in [2.45, 2.75) is 19.5 Å². The second-order valence-corrected chi connectivity index (χ2v) is 4.12. The number of carbonyl (C=O) groups excluding carboxylic acids is 1. The average Bonchev–Trinajstić information content (AvgIpc) is 2.93. The fraction of sp³-hybridized carbons (Fsp3) is 0.231. The molecule has 0 radical (unpaired) electrons. The summed E-state index contributed by atoms with van der Waals surface area (Å²) in [6.07, 6.45) is 4.55. The number of carbonyl (C=O) groups is 1. The van der Waals surface area contributed by atoms with Crippen LogP contribution in [0.5, 0.6) is 5.75 Å². The normalized spacial score (nSPS) is 12.1. The van der Waals surface area contributed by atoms with Crippen LogP contribution >= 0.6 is 0 Å². The van der Waals surface area contributed by atoms with Gasteiger partial charge in [-0.1, -0.05) is 0 Å². The smallest absolute Gasteiger partial charge is 0.243 e. The molecule has 6 nitrogen and oxygen atoms in total. The third-order valence-electron chi connectivity index (χ3n) is 2.76. The molecule has 100 valence electrons. The number of amides is 1. The van der Waals surface area contributed by atoms with Crippen LogP contribution < -0.4 is 10.7 Å². The lowest BCUT2D eigenvalue weighted by Gasteiger charge is -2.13. The maximum Gasteiger partial charge on any atom is 0.243 e. The van der Waals surface area contributed by atoms with Crippen LogP contribution in [-0.4, -0.2) is 15.6 Å². The number of hydrogen-bond donors (Lipinski definition) is 2. The van der Waals surface area contributed by atoms with Gasteiger partial charge in [0.1, 0.15) is 18.1 Å². The maximum atomic E-state index is 11.9. The molecule has 0 bridgehead atoms. The van der Waals surface area contributed by atoms with Gasteiger partial charge in [-0.2, -0.15) is 0 Å². The Kier molecular flexibility index (Phi) is 3.70. The Morgan fingerprint density at radius 2 is 2.16 bits per heavy atom. The van der Waals surface area contributed by atoms with E-state index in [1.165, 1.54) is 0 Å². The molecule has 2 N–H and O–H groups in total. The lowest BCUT2D eigenvalue weighted by molar-refractivity contribution is -0.124. The second kappa shape index (κ2) is 5.43. The highest BCUT2D eigenvalue weighted by Gasteiger charge is 2.13. The summed E-state index contributed by atoms with van der Waals surface area (Å²) in [5.74, 6) is -0.349. The third-order valence-corrected chi connectivity index (χ3v) is 2.76. The van der Waals surface area contributed by atoms with Crippen molar-refractivity contribution in [2.75, 3.05) is 0 Å². The summed E-state index contributed by atoms with van der Waals surface area (Å²) in [7, 11) is 0. The Hall–Kier alpha value is -2.50. The standard InChI is InChI=1S/C13H14N2O4/c1-9(15-4-2-3-5-15)13(18)14-7-10-6-11(16)12(17)8-19-10/h2-6,8-9,17H,7H2,1H3,(H,14,18). The first-order chi connectivity index (χ1) is 9.08. The van der Waals surface area contributed by atoms with Crippen LogP contribution in [-0.2, 0) is 11.3 Å². The Labute approximate surface area is 109 Å². The van der Waals surface area contributed by atoms with E-state index in [4.69, 9.17) is 9.52 Å². The van der Waals surface area contributed by atoms with Crippen LogP contribution in [0.3, 0.4) is 0 Å². The van der Waals surface area contributed by atoms with E-state index in [-0.39, 0.29) is 24.3 Å². The van der Waals surface area contributed by atoms with Crippen LogP contribution in [0.15, 0.2) is 46.1 Å². The monoisotopic (exact) mass is 262 g/mol. The number of rotatable bonds is 4. The van der Waals surface area contributed by atoms with Gasteiger partial charge in [0.05, 0.1) is 6.54 Å². The summed E-state index contributed by atoms with van der Waals surface area (Å²) in [6, 6.07) is 4.47. The van der Waals surface area contributed by atoms with E-state index in [1.54, 1.807) is 23.9 Å². The Morgan fingerprint density at radius 1 is 1.47 bits per heavy atom. The quantitative estimate of drug-likeness (QED) is 0.861. The largest absolute Gasteiger partial charge is 0.502 e. The highest BCUT2D eigenvalue weighted by atomic mass is 16.4. The first kappa shape index (κ1) is 12.9. The molecule has 2 aromatic heterocycles. The first-order valence-corrected chi connectivity index (χ1v) is 5.79. The number of nitrogens with one attached hydrogen (secondary N) is 1. The van der Waals surface area contributed by atoms with Crippen molar-refractivity contribution in [2.24, 2.45) is 0 Å². The molecule has 0 spiro atoms. The third kappa shape index (κ3) is 3.04. The minimum Gasteiger partial charge on any atom is -0.502 e. The van der Waals surface area contributed by atoms with Gasteiger partial charge in [-0.25, -0.2) is 0 Å². The van der Waals surface area contributed by atoms with Crippen molar-refractivity contribution in [3.63, 3.8) is 0 Å². The fourth-order valence-corrected chi connectivity index (χ4v) is 1.60. The molecule has 2 rings (SSSR count). The van der Waals surface area contributed by atoms with Gasteiger partial charge in [0.15, 0.2) is 5.75 Å². The highest BCUT2D eigenvalue weighted by molar-refractivity contribution is 5.79. The second-order valence-electron chi connectivity index (χ2n) is 4.12. The Balaban J connectivity index is 1.96. The zero-order valence-corrected chi connectivity index (χ0v) is 10.4. The van der Waals surface area contributed by atoms with Gasteiger partial charge in [-0.3, -0.25) is 9.59 Å². The molecular formula is C13H14N2O4. The van der Waals surface area contributed by atoms with Crippen molar-refractivity contribution in [3.05, 3.63) is 52.8 Å². The van der Waals surface area contributed by atoms with Crippen LogP contribution in [0.1, 0.15) is 18.7 Å². The van der Waals surface area contributed by atoms with Gasteiger partial charge >= 0.3 is 0 Å².